The first kappa shape index (κ1) is 159. The van der Waals surface area contributed by atoms with Gasteiger partial charge in [-0.1, -0.05) is 7.43 Å². The van der Waals surface area contributed by atoms with Gasteiger partial charge in [-0.2, -0.15) is 0 Å². The molecule has 4 heteroatoms. The molecule has 0 saturated carbocycles. The van der Waals surface area contributed by atoms with Gasteiger partial charge in [-0.3, -0.25) is 0 Å². The van der Waals surface area contributed by atoms with Gasteiger partial charge in [-0.05, 0) is 0 Å². The van der Waals surface area contributed by atoms with Crippen LogP contribution in [0.4, 0.5) is 0 Å². The van der Waals surface area contributed by atoms with Crippen molar-refractivity contribution in [1.29, 1.82) is 0 Å². The molecule has 0 bridgehead atoms. The van der Waals surface area contributed by atoms with Crippen LogP contribution in [0.25, 0.3) is 0 Å². The molecule has 0 aliphatic rings. The van der Waals surface area contributed by atoms with E-state index in [4.69, 9.17) is 0 Å². The van der Waals surface area contributed by atoms with Gasteiger partial charge in [0.15, 0.2) is 0 Å². The van der Waals surface area contributed by atoms with Crippen LogP contribution in [-0.4, -0.2) is 0 Å². The maximum absolute atomic E-state index is 0. The van der Waals surface area contributed by atoms with Gasteiger partial charge in [-0.15, -0.1) is 0 Å². The van der Waals surface area contributed by atoms with E-state index in [-0.39, 0.29) is 52.5 Å². The van der Waals surface area contributed by atoms with Crippen LogP contribution < -0.4 is 0 Å². The molecule has 0 aromatic heterocycles. The molecule has 0 aliphatic carbocycles. The molecule has 0 fully saturated rings. The summed E-state index contributed by atoms with van der Waals surface area (Å²) in [5.41, 5.74) is 0. The summed E-state index contributed by atoms with van der Waals surface area (Å²) < 4.78 is 0. The van der Waals surface area contributed by atoms with Crippen LogP contribution in [-0.2, 0) is 45.1 Å². The maximum Gasteiger partial charge on any atom is 2.00 e. The van der Waals surface area contributed by atoms with Crippen molar-refractivity contribution in [3.63, 3.8) is 0 Å². The van der Waals surface area contributed by atoms with Crippen molar-refractivity contribution < 1.29 is 45.1 Å². The van der Waals surface area contributed by atoms with Gasteiger partial charge in [0.2, 0.25) is 0 Å². The van der Waals surface area contributed by atoms with Gasteiger partial charge in [0.1, 0.15) is 0 Å². The third-order valence-electron chi connectivity index (χ3n) is 0. The maximum atomic E-state index is 0. The van der Waals surface area contributed by atoms with Crippen molar-refractivity contribution in [2.75, 3.05) is 0 Å². The molecule has 2 nitrogen and oxygen atoms in total. The van der Waals surface area contributed by atoms with E-state index in [1.54, 1.807) is 0 Å². The Hall–Kier alpha value is 0.959. The predicted octanol–water partition coefficient (Wildman–Crippen LogP) is 0.393. The molecule has 0 aliphatic heterocycles. The summed E-state index contributed by atoms with van der Waals surface area (Å²) in [5, 5.41) is 0. The molecule has 0 heterocycles. The average molecular weight is 167 g/mol. The van der Waals surface area contributed by atoms with E-state index >= 15 is 0 Å². The zero-order chi connectivity index (χ0) is 0. The summed E-state index contributed by atoms with van der Waals surface area (Å²) in [7, 11) is 0. The molecule has 0 spiro atoms. The van der Waals surface area contributed by atoms with Crippen molar-refractivity contribution in [2.24, 2.45) is 0 Å². The van der Waals surface area contributed by atoms with Crippen LogP contribution in [0, 0.1) is 0 Å². The summed E-state index contributed by atoms with van der Waals surface area (Å²) in [6, 6.07) is 0. The second kappa shape index (κ2) is 84.5. The third kappa shape index (κ3) is 47.2. The topological polar surface area (TPSA) is 57.0 Å². The van der Waals surface area contributed by atoms with Gasteiger partial charge < -0.3 is 11.0 Å². The van der Waals surface area contributed by atoms with Crippen molar-refractivity contribution in [2.45, 2.75) is 7.43 Å². The molecule has 38 valence electrons. The molecule has 5 heavy (non-hydrogen) atoms. The Balaban J connectivity index is 0. The summed E-state index contributed by atoms with van der Waals surface area (Å²) in [4.78, 5) is 0. The van der Waals surface area contributed by atoms with E-state index in [0.29, 0.717) is 0 Å². The van der Waals surface area contributed by atoms with E-state index in [9.17, 15) is 0 Å². The molecule has 0 atom stereocenters. The number of rotatable bonds is 0. The van der Waals surface area contributed by atoms with Crippen LogP contribution in [0.15, 0.2) is 0 Å². The molecule has 0 aromatic carbocycles. The minimum absolute atomic E-state index is 0. The smallest absolute Gasteiger partial charge is 2.00 e. The molecule has 0 aromatic rings. The zero-order valence-corrected chi connectivity index (χ0v) is 3.62. The molecule has 0 saturated heterocycles. The van der Waals surface area contributed by atoms with Crippen molar-refractivity contribution in [3.8, 4) is 0 Å². The molecule has 0 unspecified atom stereocenters. The summed E-state index contributed by atoms with van der Waals surface area (Å²) in [6.07, 6.45) is 0. The Morgan fingerprint density at radius 2 is 0.800 bits per heavy atom. The summed E-state index contributed by atoms with van der Waals surface area (Å²) in [6.45, 7) is 0. The molecular formula is CH4CuMnO2. The largest absolute Gasteiger partial charge is 2.00 e. The van der Waals surface area contributed by atoms with Gasteiger partial charge in [0.25, 0.3) is 0 Å². The Kier molecular flexibility index (Phi) is 2690. The molecular weight excluding hydrogens is 162 g/mol. The first-order valence-corrected chi connectivity index (χ1v) is 0. The first-order valence-electron chi connectivity index (χ1n) is 0. The normalized spacial score (nSPS) is 0. The fraction of sp³-hybridized carbons (Fsp3) is 1.00. The molecule has 0 N–H and O–H groups in total. The van der Waals surface area contributed by atoms with Crippen LogP contribution in [0.5, 0.6) is 0 Å². The fourth-order valence-corrected chi connectivity index (χ4v) is 0. The third-order valence-corrected chi connectivity index (χ3v) is 0. The molecule has 0 rings (SSSR count). The fourth-order valence-electron chi connectivity index (χ4n) is 0. The van der Waals surface area contributed by atoms with Crippen molar-refractivity contribution in [3.05, 3.63) is 0 Å². The Morgan fingerprint density at radius 3 is 0.800 bits per heavy atom. The van der Waals surface area contributed by atoms with Gasteiger partial charge >= 0.3 is 34.1 Å². The van der Waals surface area contributed by atoms with Gasteiger partial charge in [0.05, 0.1) is 0 Å². The summed E-state index contributed by atoms with van der Waals surface area (Å²) in [5.74, 6) is 0. The zero-order valence-electron chi connectivity index (χ0n) is 1.50. The molecule has 2 radical (unpaired) electrons. The van der Waals surface area contributed by atoms with E-state index in [1.807, 2.05) is 0 Å². The minimum atomic E-state index is 0. The van der Waals surface area contributed by atoms with E-state index < -0.39 is 0 Å². The Bertz CT molecular complexity index is 9.61. The van der Waals surface area contributed by atoms with E-state index in [0.717, 1.165) is 0 Å². The number of hydrogen-bond donors (Lipinski definition) is 0. The second-order valence-corrected chi connectivity index (χ2v) is 0. The Labute approximate surface area is 52.9 Å². The van der Waals surface area contributed by atoms with Crippen molar-refractivity contribution in [1.82, 2.24) is 0 Å². The predicted molar refractivity (Wildman–Crippen MR) is 8.10 cm³/mol. The van der Waals surface area contributed by atoms with Crippen LogP contribution in [0.1, 0.15) is 7.43 Å². The monoisotopic (exact) mass is 166 g/mol. The van der Waals surface area contributed by atoms with Crippen molar-refractivity contribution >= 4 is 0 Å². The standard InChI is InChI=1S/CH4.Cu.Mn.2O/h1H4;;;;/q;2*+2;2*-2. The second-order valence-electron chi connectivity index (χ2n) is 0. The van der Waals surface area contributed by atoms with E-state index in [2.05, 4.69) is 0 Å². The minimum Gasteiger partial charge on any atom is -2.00 e. The van der Waals surface area contributed by atoms with Crippen LogP contribution >= 0.6 is 0 Å². The van der Waals surface area contributed by atoms with Crippen LogP contribution in [0.3, 0.4) is 0 Å². The summed E-state index contributed by atoms with van der Waals surface area (Å²) >= 11 is 0. The van der Waals surface area contributed by atoms with Gasteiger partial charge in [-0.25, -0.2) is 0 Å². The molecule has 0 amide bonds. The quantitative estimate of drug-likeness (QED) is 0.468. The average Bonchev–Trinajstić information content (AvgIpc) is 0. The SMILES string of the molecule is C.[Cu+2].[Mn+2].[O-2].[O-2]. The number of hydrogen-bond acceptors (Lipinski definition) is 0. The Morgan fingerprint density at radius 1 is 0.800 bits per heavy atom. The first-order chi connectivity index (χ1) is 0. The van der Waals surface area contributed by atoms with E-state index in [1.165, 1.54) is 0 Å². The van der Waals surface area contributed by atoms with Crippen LogP contribution in [0.2, 0.25) is 0 Å². The van der Waals surface area contributed by atoms with Gasteiger partial charge in [0, 0.05) is 0 Å².